The second-order valence-corrected chi connectivity index (χ2v) is 10.1. The molecule has 2 heterocycles. The first kappa shape index (κ1) is 27.4. The summed E-state index contributed by atoms with van der Waals surface area (Å²) in [5, 5.41) is 6.89. The van der Waals surface area contributed by atoms with Gasteiger partial charge in [-0.2, -0.15) is 23.3 Å². The molecule has 1 unspecified atom stereocenters. The second-order valence-electron chi connectivity index (χ2n) is 9.64. The Morgan fingerprint density at radius 2 is 1.76 bits per heavy atom. The van der Waals surface area contributed by atoms with Crippen LogP contribution in [0.4, 0.5) is 19.0 Å². The van der Waals surface area contributed by atoms with Gasteiger partial charge in [0, 0.05) is 10.9 Å². The topological polar surface area (TPSA) is 76.9 Å². The molecular formula is C27H26ClF3N4O3. The van der Waals surface area contributed by atoms with Gasteiger partial charge in [0.2, 0.25) is 0 Å². The van der Waals surface area contributed by atoms with Crippen molar-refractivity contribution in [3.8, 4) is 6.01 Å². The first-order valence-corrected chi connectivity index (χ1v) is 12.2. The van der Waals surface area contributed by atoms with Crippen molar-refractivity contribution in [1.82, 2.24) is 9.97 Å². The molecule has 0 fully saturated rings. The van der Waals surface area contributed by atoms with E-state index in [1.807, 2.05) is 42.5 Å². The van der Waals surface area contributed by atoms with Crippen LogP contribution in [-0.2, 0) is 4.74 Å². The molecule has 0 saturated carbocycles. The first-order valence-electron chi connectivity index (χ1n) is 11.9. The van der Waals surface area contributed by atoms with E-state index in [2.05, 4.69) is 9.97 Å². The number of aromatic nitrogens is 2. The summed E-state index contributed by atoms with van der Waals surface area (Å²) < 4.78 is 48.6. The minimum atomic E-state index is -4.39. The number of halogens is 4. The summed E-state index contributed by atoms with van der Waals surface area (Å²) in [7, 11) is 0. The van der Waals surface area contributed by atoms with Gasteiger partial charge in [0.05, 0.1) is 24.9 Å². The number of benzene rings is 2. The average molecular weight is 547 g/mol. The first-order chi connectivity index (χ1) is 17.9. The lowest BCUT2D eigenvalue weighted by Gasteiger charge is -2.22. The molecule has 1 aliphatic heterocycles. The molecule has 11 heteroatoms. The number of nitrogens with zero attached hydrogens (tertiary/aromatic N) is 4. The van der Waals surface area contributed by atoms with Gasteiger partial charge in [0.25, 0.3) is 0 Å². The molecule has 2 aromatic carbocycles. The van der Waals surface area contributed by atoms with Gasteiger partial charge in [-0.1, -0.05) is 54.1 Å². The standard InChI is InChI=1S/C27H26ClF3N4O3/c1-26(2,3)38-24(36)20-15-32-25(37-14-13-27(29,30)31)33-23(20)35-16-21(17-7-5-4-6-8-17)22(34-35)18-9-11-19(28)12-10-18/h4-12,15,21H,13-14,16H2,1-3H3. The van der Waals surface area contributed by atoms with E-state index in [1.165, 1.54) is 11.2 Å². The van der Waals surface area contributed by atoms with Crippen molar-refractivity contribution in [3.05, 3.63) is 82.5 Å². The average Bonchev–Trinajstić information content (AvgIpc) is 3.28. The monoisotopic (exact) mass is 546 g/mol. The molecule has 1 aliphatic rings. The van der Waals surface area contributed by atoms with Crippen molar-refractivity contribution in [1.29, 1.82) is 0 Å². The van der Waals surface area contributed by atoms with Crippen LogP contribution in [0, 0.1) is 0 Å². The fourth-order valence-electron chi connectivity index (χ4n) is 3.82. The zero-order valence-corrected chi connectivity index (χ0v) is 21.8. The predicted molar refractivity (Wildman–Crippen MR) is 138 cm³/mol. The zero-order chi connectivity index (χ0) is 27.5. The number of anilines is 1. The van der Waals surface area contributed by atoms with E-state index < -0.39 is 30.8 Å². The smallest absolute Gasteiger partial charge is 0.392 e. The Balaban J connectivity index is 1.75. The van der Waals surface area contributed by atoms with Gasteiger partial charge in [-0.25, -0.2) is 14.8 Å². The van der Waals surface area contributed by atoms with E-state index in [4.69, 9.17) is 26.2 Å². The molecule has 0 amide bonds. The van der Waals surface area contributed by atoms with Crippen molar-refractivity contribution >= 4 is 29.1 Å². The highest BCUT2D eigenvalue weighted by molar-refractivity contribution is 6.30. The van der Waals surface area contributed by atoms with E-state index in [9.17, 15) is 18.0 Å². The minimum absolute atomic E-state index is 0.0102. The number of hydrazone groups is 1. The molecule has 200 valence electrons. The molecule has 1 aromatic heterocycles. The lowest BCUT2D eigenvalue weighted by atomic mass is 9.91. The second kappa shape index (κ2) is 11.0. The molecule has 0 spiro atoms. The maximum absolute atomic E-state index is 13.1. The normalized spacial score (nSPS) is 15.8. The summed E-state index contributed by atoms with van der Waals surface area (Å²) in [6, 6.07) is 16.6. The minimum Gasteiger partial charge on any atom is -0.463 e. The van der Waals surface area contributed by atoms with Gasteiger partial charge in [-0.3, -0.25) is 0 Å². The van der Waals surface area contributed by atoms with Crippen LogP contribution in [0.15, 0.2) is 65.9 Å². The largest absolute Gasteiger partial charge is 0.463 e. The van der Waals surface area contributed by atoms with Crippen molar-refractivity contribution in [2.45, 2.75) is 44.9 Å². The Morgan fingerprint density at radius 3 is 2.39 bits per heavy atom. The SMILES string of the molecule is CC(C)(C)OC(=O)c1cnc(OCCC(F)(F)F)nc1N1CC(c2ccccc2)C(c2ccc(Cl)cc2)=N1. The molecule has 3 aromatic rings. The van der Waals surface area contributed by atoms with E-state index in [0.29, 0.717) is 17.3 Å². The highest BCUT2D eigenvalue weighted by atomic mass is 35.5. The van der Waals surface area contributed by atoms with Gasteiger partial charge < -0.3 is 9.47 Å². The third-order valence-electron chi connectivity index (χ3n) is 5.48. The molecule has 0 bridgehead atoms. The molecule has 0 radical (unpaired) electrons. The van der Waals surface area contributed by atoms with Crippen LogP contribution in [-0.4, -0.2) is 46.6 Å². The van der Waals surface area contributed by atoms with E-state index >= 15 is 0 Å². The number of rotatable bonds is 7. The maximum Gasteiger partial charge on any atom is 0.392 e. The van der Waals surface area contributed by atoms with Crippen molar-refractivity contribution in [2.24, 2.45) is 5.10 Å². The Morgan fingerprint density at radius 1 is 1.08 bits per heavy atom. The molecule has 0 aliphatic carbocycles. The number of carbonyl (C=O) groups is 1. The number of esters is 1. The Kier molecular flexibility index (Phi) is 7.91. The molecule has 1 atom stereocenters. The lowest BCUT2D eigenvalue weighted by Crippen LogP contribution is -2.27. The summed E-state index contributed by atoms with van der Waals surface area (Å²) in [5.41, 5.74) is 1.72. The quantitative estimate of drug-likeness (QED) is 0.318. The van der Waals surface area contributed by atoms with Gasteiger partial charge in [0.1, 0.15) is 17.8 Å². The molecule has 7 nitrogen and oxygen atoms in total. The fraction of sp³-hybridized carbons (Fsp3) is 0.333. The number of hydrogen-bond acceptors (Lipinski definition) is 7. The molecule has 0 N–H and O–H groups in total. The summed E-state index contributed by atoms with van der Waals surface area (Å²) in [5.74, 6) is -0.824. The number of hydrogen-bond donors (Lipinski definition) is 0. The molecule has 38 heavy (non-hydrogen) atoms. The summed E-state index contributed by atoms with van der Waals surface area (Å²) in [6.45, 7) is 4.80. The number of carbonyl (C=O) groups excluding carboxylic acids is 1. The van der Waals surface area contributed by atoms with Crippen LogP contribution < -0.4 is 9.75 Å². The lowest BCUT2D eigenvalue weighted by molar-refractivity contribution is -0.139. The van der Waals surface area contributed by atoms with Crippen molar-refractivity contribution in [2.75, 3.05) is 18.2 Å². The third-order valence-corrected chi connectivity index (χ3v) is 5.73. The van der Waals surface area contributed by atoms with Crippen LogP contribution in [0.1, 0.15) is 54.6 Å². The molecule has 4 rings (SSSR count). The predicted octanol–water partition coefficient (Wildman–Crippen LogP) is 6.42. The van der Waals surface area contributed by atoms with Gasteiger partial charge >= 0.3 is 18.2 Å². The van der Waals surface area contributed by atoms with Crippen molar-refractivity contribution < 1.29 is 27.4 Å². The highest BCUT2D eigenvalue weighted by Crippen LogP contribution is 2.34. The summed E-state index contributed by atoms with van der Waals surface area (Å²) in [6.07, 6.45) is -4.38. The maximum atomic E-state index is 13.1. The van der Waals surface area contributed by atoms with Crippen LogP contribution in [0.3, 0.4) is 0 Å². The highest BCUT2D eigenvalue weighted by Gasteiger charge is 2.34. The van der Waals surface area contributed by atoms with Crippen LogP contribution in [0.2, 0.25) is 5.02 Å². The Labute approximate surface area is 223 Å². The Hall–Kier alpha value is -3.66. The van der Waals surface area contributed by atoms with Gasteiger partial charge in [-0.05, 0) is 44.0 Å². The number of ether oxygens (including phenoxy) is 2. The molecule has 0 saturated heterocycles. The Bertz CT molecular complexity index is 1310. The fourth-order valence-corrected chi connectivity index (χ4v) is 3.95. The van der Waals surface area contributed by atoms with Crippen LogP contribution >= 0.6 is 11.6 Å². The molecular weight excluding hydrogens is 521 g/mol. The summed E-state index contributed by atoms with van der Waals surface area (Å²) in [4.78, 5) is 21.3. The zero-order valence-electron chi connectivity index (χ0n) is 21.0. The van der Waals surface area contributed by atoms with E-state index in [0.717, 1.165) is 11.1 Å². The summed E-state index contributed by atoms with van der Waals surface area (Å²) >= 11 is 6.09. The van der Waals surface area contributed by atoms with E-state index in [1.54, 1.807) is 32.9 Å². The van der Waals surface area contributed by atoms with E-state index in [-0.39, 0.29) is 23.3 Å². The van der Waals surface area contributed by atoms with Crippen molar-refractivity contribution in [3.63, 3.8) is 0 Å². The van der Waals surface area contributed by atoms with Crippen LogP contribution in [0.25, 0.3) is 0 Å². The van der Waals surface area contributed by atoms with Gasteiger partial charge in [0.15, 0.2) is 5.82 Å². The number of alkyl halides is 3. The third kappa shape index (κ3) is 7.00. The van der Waals surface area contributed by atoms with Gasteiger partial charge in [-0.15, -0.1) is 0 Å². The van der Waals surface area contributed by atoms with Crippen LogP contribution in [0.5, 0.6) is 6.01 Å².